The molecular formula is C20H20F2N2O2. The minimum atomic E-state index is -0.836. The SMILES string of the molecule is CCN(C(=O)C1CC1C(=O)Nc1c(F)cccc1F)c1cccc(C)c1. The molecule has 2 aromatic rings. The van der Waals surface area contributed by atoms with Crippen LogP contribution in [-0.4, -0.2) is 18.4 Å². The van der Waals surface area contributed by atoms with Crippen LogP contribution in [0, 0.1) is 30.4 Å². The van der Waals surface area contributed by atoms with Crippen molar-refractivity contribution in [2.45, 2.75) is 20.3 Å². The van der Waals surface area contributed by atoms with Crippen molar-refractivity contribution in [3.05, 3.63) is 59.7 Å². The van der Waals surface area contributed by atoms with Crippen LogP contribution in [0.5, 0.6) is 0 Å². The van der Waals surface area contributed by atoms with Crippen LogP contribution in [0.3, 0.4) is 0 Å². The molecule has 0 bridgehead atoms. The molecule has 1 aliphatic rings. The molecule has 0 radical (unpaired) electrons. The summed E-state index contributed by atoms with van der Waals surface area (Å²) in [5, 5.41) is 2.27. The molecule has 3 rings (SSSR count). The molecule has 1 fully saturated rings. The van der Waals surface area contributed by atoms with E-state index in [-0.39, 0.29) is 5.91 Å². The maximum Gasteiger partial charge on any atom is 0.230 e. The number of benzene rings is 2. The summed E-state index contributed by atoms with van der Waals surface area (Å²) in [7, 11) is 0. The van der Waals surface area contributed by atoms with E-state index in [1.165, 1.54) is 6.07 Å². The van der Waals surface area contributed by atoms with Gasteiger partial charge in [-0.25, -0.2) is 8.78 Å². The van der Waals surface area contributed by atoms with Crippen LogP contribution in [0.15, 0.2) is 42.5 Å². The number of hydrogen-bond donors (Lipinski definition) is 1. The second-order valence-corrected chi connectivity index (χ2v) is 6.46. The van der Waals surface area contributed by atoms with Crippen LogP contribution in [0.25, 0.3) is 0 Å². The van der Waals surface area contributed by atoms with Gasteiger partial charge in [0.25, 0.3) is 0 Å². The van der Waals surface area contributed by atoms with Crippen molar-refractivity contribution in [1.29, 1.82) is 0 Å². The minimum absolute atomic E-state index is 0.146. The normalized spacial score (nSPS) is 18.3. The number of halogens is 2. The van der Waals surface area contributed by atoms with Gasteiger partial charge in [0.05, 0.1) is 11.8 Å². The largest absolute Gasteiger partial charge is 0.321 e. The molecule has 6 heteroatoms. The van der Waals surface area contributed by atoms with E-state index in [0.29, 0.717) is 13.0 Å². The second-order valence-electron chi connectivity index (χ2n) is 6.46. The number of rotatable bonds is 5. The van der Waals surface area contributed by atoms with E-state index in [4.69, 9.17) is 0 Å². The lowest BCUT2D eigenvalue weighted by molar-refractivity contribution is -0.123. The summed E-state index contributed by atoms with van der Waals surface area (Å²) in [5.41, 5.74) is 1.35. The second kappa shape index (κ2) is 7.23. The van der Waals surface area contributed by atoms with Gasteiger partial charge in [-0.3, -0.25) is 9.59 Å². The smallest absolute Gasteiger partial charge is 0.230 e. The third-order valence-electron chi connectivity index (χ3n) is 4.55. The summed E-state index contributed by atoms with van der Waals surface area (Å²) in [6.07, 6.45) is 0.378. The van der Waals surface area contributed by atoms with Gasteiger partial charge in [-0.1, -0.05) is 18.2 Å². The molecule has 136 valence electrons. The third-order valence-corrected chi connectivity index (χ3v) is 4.55. The molecule has 0 saturated heterocycles. The van der Waals surface area contributed by atoms with Gasteiger partial charge in [-0.15, -0.1) is 0 Å². The first kappa shape index (κ1) is 18.0. The zero-order valence-electron chi connectivity index (χ0n) is 14.6. The maximum absolute atomic E-state index is 13.7. The van der Waals surface area contributed by atoms with Crippen LogP contribution in [0.2, 0.25) is 0 Å². The Labute approximate surface area is 150 Å². The van der Waals surface area contributed by atoms with Crippen LogP contribution in [-0.2, 0) is 9.59 Å². The zero-order chi connectivity index (χ0) is 18.8. The van der Waals surface area contributed by atoms with E-state index >= 15 is 0 Å². The summed E-state index contributed by atoms with van der Waals surface area (Å²) < 4.78 is 27.3. The van der Waals surface area contributed by atoms with Crippen molar-refractivity contribution in [3.8, 4) is 0 Å². The Bertz CT molecular complexity index is 833. The number of hydrogen-bond acceptors (Lipinski definition) is 2. The lowest BCUT2D eigenvalue weighted by Crippen LogP contribution is -2.33. The van der Waals surface area contributed by atoms with E-state index in [9.17, 15) is 18.4 Å². The molecule has 2 aromatic carbocycles. The monoisotopic (exact) mass is 358 g/mol. The third kappa shape index (κ3) is 3.59. The standard InChI is InChI=1S/C20H20F2N2O2/c1-3-24(13-7-4-6-12(2)10-13)20(26)15-11-14(15)19(25)23-18-16(21)8-5-9-17(18)22/h4-10,14-15H,3,11H2,1-2H3,(H,23,25). The highest BCUT2D eigenvalue weighted by Crippen LogP contribution is 2.42. The Balaban J connectivity index is 1.69. The number of nitrogens with one attached hydrogen (secondary N) is 1. The highest BCUT2D eigenvalue weighted by molar-refractivity contribution is 6.04. The summed E-state index contributed by atoms with van der Waals surface area (Å²) in [4.78, 5) is 26.7. The molecule has 0 aromatic heterocycles. The molecule has 0 heterocycles. The number of aryl methyl sites for hydroxylation is 1. The molecule has 26 heavy (non-hydrogen) atoms. The first-order chi connectivity index (χ1) is 12.4. The van der Waals surface area contributed by atoms with Gasteiger partial charge in [-0.2, -0.15) is 0 Å². The fourth-order valence-electron chi connectivity index (χ4n) is 3.05. The first-order valence-electron chi connectivity index (χ1n) is 8.55. The average Bonchev–Trinajstić information content (AvgIpc) is 3.40. The van der Waals surface area contributed by atoms with Gasteiger partial charge in [0.2, 0.25) is 11.8 Å². The number of para-hydroxylation sites is 1. The van der Waals surface area contributed by atoms with E-state index < -0.39 is 35.1 Å². The Morgan fingerprint density at radius 3 is 2.38 bits per heavy atom. The van der Waals surface area contributed by atoms with Crippen molar-refractivity contribution in [1.82, 2.24) is 0 Å². The molecule has 4 nitrogen and oxygen atoms in total. The highest BCUT2D eigenvalue weighted by Gasteiger charge is 2.49. The number of anilines is 2. The van der Waals surface area contributed by atoms with Gasteiger partial charge in [0.15, 0.2) is 0 Å². The van der Waals surface area contributed by atoms with E-state index in [0.717, 1.165) is 23.4 Å². The predicted molar refractivity (Wildman–Crippen MR) is 95.8 cm³/mol. The molecule has 1 saturated carbocycles. The molecule has 2 atom stereocenters. The first-order valence-corrected chi connectivity index (χ1v) is 8.55. The fraction of sp³-hybridized carbons (Fsp3) is 0.300. The van der Waals surface area contributed by atoms with Crippen LogP contribution < -0.4 is 10.2 Å². The fourth-order valence-corrected chi connectivity index (χ4v) is 3.05. The molecular weight excluding hydrogens is 338 g/mol. The summed E-state index contributed by atoms with van der Waals surface area (Å²) in [6.45, 7) is 4.29. The minimum Gasteiger partial charge on any atom is -0.321 e. The molecule has 0 spiro atoms. The predicted octanol–water partition coefficient (Wildman–Crippen LogP) is 3.90. The summed E-state index contributed by atoms with van der Waals surface area (Å²) >= 11 is 0. The maximum atomic E-state index is 13.7. The van der Waals surface area contributed by atoms with Gasteiger partial charge >= 0.3 is 0 Å². The number of carbonyl (C=O) groups is 2. The van der Waals surface area contributed by atoms with Gasteiger partial charge in [0, 0.05) is 12.2 Å². The topological polar surface area (TPSA) is 49.4 Å². The quantitative estimate of drug-likeness (QED) is 0.881. The van der Waals surface area contributed by atoms with Gasteiger partial charge in [-0.05, 0) is 50.1 Å². The van der Waals surface area contributed by atoms with E-state index in [1.54, 1.807) is 4.90 Å². The lowest BCUT2D eigenvalue weighted by Gasteiger charge is -2.21. The van der Waals surface area contributed by atoms with Crippen LogP contribution >= 0.6 is 0 Å². The Hall–Kier alpha value is -2.76. The molecule has 2 amide bonds. The zero-order valence-corrected chi connectivity index (χ0v) is 14.6. The van der Waals surface area contributed by atoms with E-state index in [2.05, 4.69) is 5.32 Å². The van der Waals surface area contributed by atoms with Crippen molar-refractivity contribution in [2.75, 3.05) is 16.8 Å². The average molecular weight is 358 g/mol. The molecule has 1 aliphatic carbocycles. The van der Waals surface area contributed by atoms with Gasteiger partial charge in [0.1, 0.15) is 17.3 Å². The van der Waals surface area contributed by atoms with Crippen molar-refractivity contribution >= 4 is 23.2 Å². The number of nitrogens with zero attached hydrogens (tertiary/aromatic N) is 1. The number of amides is 2. The van der Waals surface area contributed by atoms with Crippen LogP contribution in [0.4, 0.5) is 20.2 Å². The lowest BCUT2D eigenvalue weighted by atomic mass is 10.2. The Morgan fingerprint density at radius 2 is 1.77 bits per heavy atom. The van der Waals surface area contributed by atoms with Crippen molar-refractivity contribution < 1.29 is 18.4 Å². The molecule has 2 unspecified atom stereocenters. The van der Waals surface area contributed by atoms with Gasteiger partial charge < -0.3 is 10.2 Å². The Morgan fingerprint density at radius 1 is 1.12 bits per heavy atom. The number of carbonyl (C=O) groups excluding carboxylic acids is 2. The van der Waals surface area contributed by atoms with Crippen molar-refractivity contribution in [2.24, 2.45) is 11.8 Å². The highest BCUT2D eigenvalue weighted by atomic mass is 19.1. The summed E-state index contributed by atoms with van der Waals surface area (Å²) in [6, 6.07) is 10.9. The van der Waals surface area contributed by atoms with Crippen LogP contribution in [0.1, 0.15) is 18.9 Å². The Kier molecular flexibility index (Phi) is 5.02. The summed E-state index contributed by atoms with van der Waals surface area (Å²) in [5.74, 6) is -3.39. The molecule has 1 N–H and O–H groups in total. The van der Waals surface area contributed by atoms with Crippen molar-refractivity contribution in [3.63, 3.8) is 0 Å². The van der Waals surface area contributed by atoms with E-state index in [1.807, 2.05) is 38.1 Å². The molecule has 0 aliphatic heterocycles.